The third kappa shape index (κ3) is 2.24. The minimum atomic E-state index is -1.92. The van der Waals surface area contributed by atoms with Crippen molar-refractivity contribution in [1.82, 2.24) is 0 Å². The Kier molecular flexibility index (Phi) is 3.55. The Morgan fingerprint density at radius 3 is 2.25 bits per heavy atom. The average Bonchev–Trinajstić information content (AvgIpc) is 2.39. The molecule has 2 nitrogen and oxygen atoms in total. The Hall–Kier alpha value is -1.37. The van der Waals surface area contributed by atoms with Crippen LogP contribution in [-0.4, -0.2) is 0 Å². The normalized spacial score (nSPS) is 12.3. The van der Waals surface area contributed by atoms with Crippen LogP contribution in [-0.2, 0) is 11.1 Å². The van der Waals surface area contributed by atoms with Gasteiger partial charge in [-0.2, -0.15) is 0 Å². The Morgan fingerprint density at radius 2 is 1.56 bits per heavy atom. The Balaban J connectivity index is 2.42. The molecule has 2 N–H and O–H groups in total. The number of hydrogen-bond donors (Lipinski definition) is 1. The molecule has 0 bridgehead atoms. The van der Waals surface area contributed by atoms with Crippen molar-refractivity contribution < 1.29 is 4.57 Å². The van der Waals surface area contributed by atoms with Gasteiger partial charge < -0.3 is 10.3 Å². The summed E-state index contributed by atoms with van der Waals surface area (Å²) < 4.78 is 12.4. The largest absolute Gasteiger partial charge is 0.326 e. The highest BCUT2D eigenvalue weighted by Crippen LogP contribution is 2.21. The lowest BCUT2D eigenvalue weighted by Gasteiger charge is -2.07. The molecule has 0 fully saturated rings. The Morgan fingerprint density at radius 1 is 0.938 bits per heavy atom. The zero-order valence-electron chi connectivity index (χ0n) is 8.89. The maximum Gasteiger partial charge on any atom is 0.132 e. The van der Waals surface area contributed by atoms with Crippen molar-refractivity contribution in [3.8, 4) is 0 Å². The van der Waals surface area contributed by atoms with E-state index in [0.29, 0.717) is 6.54 Å². The molecule has 3 heteroatoms. The quantitative estimate of drug-likeness (QED) is 0.816. The molecule has 0 aromatic heterocycles. The molecule has 0 amide bonds. The van der Waals surface area contributed by atoms with Gasteiger partial charge in [-0.15, -0.1) is 0 Å². The number of rotatable bonds is 3. The molecule has 2 aromatic carbocycles. The molecule has 2 rings (SSSR count). The first-order valence-corrected chi connectivity index (χ1v) is 6.61. The molecule has 0 radical (unpaired) electrons. The van der Waals surface area contributed by atoms with Crippen LogP contribution in [0.2, 0.25) is 0 Å². The van der Waals surface area contributed by atoms with Gasteiger partial charge in [0.25, 0.3) is 0 Å². The SMILES string of the molecule is NCc1ccccc1[PH](=O)c1ccccc1. The third-order valence-corrected chi connectivity index (χ3v) is 4.35. The van der Waals surface area contributed by atoms with E-state index in [0.717, 1.165) is 16.2 Å². The number of nitrogens with two attached hydrogens (primary N) is 1. The fourth-order valence-corrected chi connectivity index (χ4v) is 3.20. The van der Waals surface area contributed by atoms with Crippen molar-refractivity contribution in [2.75, 3.05) is 0 Å². The van der Waals surface area contributed by atoms with Crippen LogP contribution >= 0.6 is 7.80 Å². The van der Waals surface area contributed by atoms with Crippen molar-refractivity contribution in [2.24, 2.45) is 5.73 Å². The Bertz CT molecular complexity index is 496. The second-order valence-corrected chi connectivity index (χ2v) is 5.33. The predicted octanol–water partition coefficient (Wildman–Crippen LogP) is 1.66. The molecule has 0 heterocycles. The molecular weight excluding hydrogens is 217 g/mol. The van der Waals surface area contributed by atoms with Crippen molar-refractivity contribution in [3.63, 3.8) is 0 Å². The molecule has 82 valence electrons. The maximum absolute atomic E-state index is 12.4. The molecule has 0 aliphatic heterocycles. The third-order valence-electron chi connectivity index (χ3n) is 2.52. The fraction of sp³-hybridized carbons (Fsp3) is 0.0769. The van der Waals surface area contributed by atoms with Crippen molar-refractivity contribution >= 4 is 18.4 Å². The zero-order valence-corrected chi connectivity index (χ0v) is 9.89. The lowest BCUT2D eigenvalue weighted by atomic mass is 10.2. The van der Waals surface area contributed by atoms with Crippen LogP contribution < -0.4 is 16.3 Å². The summed E-state index contributed by atoms with van der Waals surface area (Å²) in [4.78, 5) is 0. The molecule has 1 atom stereocenters. The van der Waals surface area contributed by atoms with Gasteiger partial charge in [-0.25, -0.2) is 0 Å². The standard InChI is InChI=1S/C13H14NOP/c14-10-11-6-4-5-9-13(11)16(15)12-7-2-1-3-8-12/h1-9,16H,10,14H2. The van der Waals surface area contributed by atoms with E-state index < -0.39 is 7.80 Å². The molecule has 16 heavy (non-hydrogen) atoms. The van der Waals surface area contributed by atoms with E-state index in [1.807, 2.05) is 54.6 Å². The second kappa shape index (κ2) is 5.11. The van der Waals surface area contributed by atoms with Gasteiger partial charge in [0.05, 0.1) is 0 Å². The van der Waals surface area contributed by atoms with Gasteiger partial charge in [-0.1, -0.05) is 54.6 Å². The van der Waals surface area contributed by atoms with E-state index in [9.17, 15) is 4.57 Å². The van der Waals surface area contributed by atoms with Gasteiger partial charge in [0.15, 0.2) is 0 Å². The first-order valence-electron chi connectivity index (χ1n) is 5.20. The average molecular weight is 231 g/mol. The van der Waals surface area contributed by atoms with Gasteiger partial charge in [0.1, 0.15) is 7.80 Å². The molecule has 0 saturated carbocycles. The number of hydrogen-bond acceptors (Lipinski definition) is 2. The van der Waals surface area contributed by atoms with Crippen molar-refractivity contribution in [1.29, 1.82) is 0 Å². The van der Waals surface area contributed by atoms with Crippen LogP contribution in [0.15, 0.2) is 54.6 Å². The molecule has 0 aliphatic carbocycles. The monoisotopic (exact) mass is 231 g/mol. The topological polar surface area (TPSA) is 43.1 Å². The molecular formula is C13H14NOP. The van der Waals surface area contributed by atoms with Gasteiger partial charge >= 0.3 is 0 Å². The van der Waals surface area contributed by atoms with Gasteiger partial charge in [-0.3, -0.25) is 0 Å². The van der Waals surface area contributed by atoms with Crippen LogP contribution in [0.4, 0.5) is 0 Å². The summed E-state index contributed by atoms with van der Waals surface area (Å²) >= 11 is 0. The summed E-state index contributed by atoms with van der Waals surface area (Å²) in [6.07, 6.45) is 0. The Labute approximate surface area is 95.9 Å². The molecule has 1 unspecified atom stereocenters. The van der Waals surface area contributed by atoms with Gasteiger partial charge in [0.2, 0.25) is 0 Å². The van der Waals surface area contributed by atoms with E-state index >= 15 is 0 Å². The second-order valence-electron chi connectivity index (χ2n) is 3.56. The highest BCUT2D eigenvalue weighted by atomic mass is 31.1. The lowest BCUT2D eigenvalue weighted by Crippen LogP contribution is -2.14. The molecule has 0 aliphatic rings. The van der Waals surface area contributed by atoms with Crippen LogP contribution in [0, 0.1) is 0 Å². The van der Waals surface area contributed by atoms with Crippen molar-refractivity contribution in [2.45, 2.75) is 6.54 Å². The van der Waals surface area contributed by atoms with Gasteiger partial charge in [0, 0.05) is 17.2 Å². The van der Waals surface area contributed by atoms with Crippen LogP contribution in [0.25, 0.3) is 0 Å². The van der Waals surface area contributed by atoms with Crippen LogP contribution in [0.3, 0.4) is 0 Å². The van der Waals surface area contributed by atoms with E-state index in [1.54, 1.807) is 0 Å². The molecule has 0 spiro atoms. The summed E-state index contributed by atoms with van der Waals surface area (Å²) in [6, 6.07) is 17.2. The summed E-state index contributed by atoms with van der Waals surface area (Å²) in [6.45, 7) is 0.430. The molecule has 2 aromatic rings. The molecule has 0 saturated heterocycles. The predicted molar refractivity (Wildman–Crippen MR) is 69.0 cm³/mol. The first-order chi connectivity index (χ1) is 7.83. The summed E-state index contributed by atoms with van der Waals surface area (Å²) in [7, 11) is -1.92. The van der Waals surface area contributed by atoms with Crippen molar-refractivity contribution in [3.05, 3.63) is 60.2 Å². The zero-order chi connectivity index (χ0) is 11.4. The van der Waals surface area contributed by atoms with Crippen LogP contribution in [0.5, 0.6) is 0 Å². The first kappa shape index (κ1) is 11.1. The van der Waals surface area contributed by atoms with E-state index in [1.165, 1.54) is 0 Å². The van der Waals surface area contributed by atoms with E-state index in [-0.39, 0.29) is 0 Å². The van der Waals surface area contributed by atoms with E-state index in [4.69, 9.17) is 5.73 Å². The maximum atomic E-state index is 12.4. The van der Waals surface area contributed by atoms with E-state index in [2.05, 4.69) is 0 Å². The van der Waals surface area contributed by atoms with Gasteiger partial charge in [-0.05, 0) is 5.56 Å². The summed E-state index contributed by atoms with van der Waals surface area (Å²) in [5.74, 6) is 0. The summed E-state index contributed by atoms with van der Waals surface area (Å²) in [5.41, 5.74) is 6.61. The lowest BCUT2D eigenvalue weighted by molar-refractivity contribution is 0.598. The number of benzene rings is 2. The smallest absolute Gasteiger partial charge is 0.132 e. The summed E-state index contributed by atoms with van der Waals surface area (Å²) in [5, 5.41) is 1.76. The minimum absolute atomic E-state index is 0.430. The highest BCUT2D eigenvalue weighted by Gasteiger charge is 2.09. The fourth-order valence-electron chi connectivity index (χ4n) is 1.66. The minimum Gasteiger partial charge on any atom is -0.326 e. The van der Waals surface area contributed by atoms with Crippen LogP contribution in [0.1, 0.15) is 5.56 Å². The highest BCUT2D eigenvalue weighted by molar-refractivity contribution is 7.61.